The number of benzene rings is 2. The van der Waals surface area contributed by atoms with Crippen molar-refractivity contribution in [1.82, 2.24) is 4.72 Å². The molecular weight excluding hydrogens is 329 g/mol. The lowest BCUT2D eigenvalue weighted by Gasteiger charge is -2.31. The molecule has 4 nitrogen and oxygen atoms in total. The molecule has 24 heavy (non-hydrogen) atoms. The highest BCUT2D eigenvalue weighted by atomic mass is 32.2. The average molecular weight is 347 g/mol. The van der Waals surface area contributed by atoms with E-state index in [9.17, 15) is 12.8 Å². The molecule has 0 aromatic heterocycles. The van der Waals surface area contributed by atoms with Crippen molar-refractivity contribution >= 4 is 15.6 Å². The molecule has 2 aromatic rings. The van der Waals surface area contributed by atoms with Gasteiger partial charge in [-0.15, -0.1) is 0 Å². The lowest BCUT2D eigenvalue weighted by atomic mass is 9.90. The molecule has 0 spiro atoms. The molecule has 0 bridgehead atoms. The molecule has 1 aliphatic rings. The van der Waals surface area contributed by atoms with Crippen LogP contribution >= 0.6 is 0 Å². The molecule has 1 N–H and O–H groups in total. The van der Waals surface area contributed by atoms with Crippen LogP contribution in [0, 0.1) is 5.82 Å². The second-order valence-corrected chi connectivity index (χ2v) is 8.02. The summed E-state index contributed by atoms with van der Waals surface area (Å²) in [7, 11) is -2.19. The molecule has 1 heterocycles. The van der Waals surface area contributed by atoms with Gasteiger partial charge < -0.3 is 4.74 Å². The van der Waals surface area contributed by atoms with Crippen molar-refractivity contribution in [3.63, 3.8) is 0 Å². The van der Waals surface area contributed by atoms with Crippen molar-refractivity contribution in [2.24, 2.45) is 0 Å². The average Bonchev–Trinajstić information content (AvgIpc) is 2.53. The quantitative estimate of drug-likeness (QED) is 0.926. The van der Waals surface area contributed by atoms with E-state index in [0.717, 1.165) is 16.7 Å². The smallest absolute Gasteiger partial charge is 0.240 e. The lowest BCUT2D eigenvalue weighted by molar-refractivity contribution is 0.157. The van der Waals surface area contributed by atoms with Gasteiger partial charge in [-0.3, -0.25) is 0 Å². The molecule has 0 unspecified atom stereocenters. The van der Waals surface area contributed by atoms with E-state index >= 15 is 0 Å². The zero-order chi connectivity index (χ0) is 17.5. The van der Waals surface area contributed by atoms with Crippen LogP contribution in [0.15, 0.2) is 53.4 Å². The van der Waals surface area contributed by atoms with Gasteiger partial charge in [0.2, 0.25) is 10.0 Å². The lowest BCUT2D eigenvalue weighted by Crippen LogP contribution is -2.29. The second kappa shape index (κ2) is 5.72. The largest absolute Gasteiger partial charge is 0.483 e. The summed E-state index contributed by atoms with van der Waals surface area (Å²) in [5, 5.41) is 0. The molecule has 0 saturated heterocycles. The van der Waals surface area contributed by atoms with Gasteiger partial charge in [0.25, 0.3) is 0 Å². The third-order valence-corrected chi connectivity index (χ3v) is 5.25. The number of hydrogen-bond donors (Lipinski definition) is 1. The van der Waals surface area contributed by atoms with E-state index in [0.29, 0.717) is 5.75 Å². The summed E-state index contributed by atoms with van der Waals surface area (Å²) in [4.78, 5) is 0.139. The zero-order valence-corrected chi connectivity index (χ0v) is 14.4. The van der Waals surface area contributed by atoms with Gasteiger partial charge in [-0.05, 0) is 62.4 Å². The number of fused-ring (bicyclic) bond motifs is 1. The predicted molar refractivity (Wildman–Crippen MR) is 90.9 cm³/mol. The van der Waals surface area contributed by atoms with Crippen molar-refractivity contribution in [3.05, 3.63) is 65.5 Å². The maximum absolute atomic E-state index is 13.2. The predicted octanol–water partition coefficient (Wildman–Crippen LogP) is 3.34. The minimum Gasteiger partial charge on any atom is -0.483 e. The molecule has 2 aromatic carbocycles. The fraction of sp³-hybridized carbons (Fsp3) is 0.222. The van der Waals surface area contributed by atoms with Crippen molar-refractivity contribution < 1.29 is 17.5 Å². The van der Waals surface area contributed by atoms with Gasteiger partial charge in [-0.2, -0.15) is 0 Å². The van der Waals surface area contributed by atoms with Gasteiger partial charge in [0.05, 0.1) is 4.90 Å². The molecule has 126 valence electrons. The Balaban J connectivity index is 2.16. The first-order valence-corrected chi connectivity index (χ1v) is 8.96. The van der Waals surface area contributed by atoms with E-state index in [-0.39, 0.29) is 10.7 Å². The van der Waals surface area contributed by atoms with Gasteiger partial charge in [0.15, 0.2) is 0 Å². The normalized spacial score (nSPS) is 16.1. The van der Waals surface area contributed by atoms with Crippen LogP contribution in [0.2, 0.25) is 0 Å². The SMILES string of the molecule is CNS(=O)(=O)c1ccc2c(c1)OC(C)(C)C=C2c1ccc(F)cc1. The zero-order valence-electron chi connectivity index (χ0n) is 13.6. The first-order chi connectivity index (χ1) is 11.2. The van der Waals surface area contributed by atoms with E-state index in [4.69, 9.17) is 4.74 Å². The Bertz CT molecular complexity index is 916. The minimum absolute atomic E-state index is 0.139. The first kappa shape index (κ1) is 16.7. The molecule has 1 aliphatic heterocycles. The standard InChI is InChI=1S/C18H18FNO3S/c1-18(2)11-16(12-4-6-13(19)7-5-12)15-9-8-14(10-17(15)23-18)24(21,22)20-3/h4-11,20H,1-3H3. The number of nitrogens with one attached hydrogen (secondary N) is 1. The van der Waals surface area contributed by atoms with Crippen LogP contribution < -0.4 is 9.46 Å². The molecule has 0 amide bonds. The van der Waals surface area contributed by atoms with E-state index in [1.807, 2.05) is 19.9 Å². The van der Waals surface area contributed by atoms with Crippen molar-refractivity contribution in [2.75, 3.05) is 7.05 Å². The van der Waals surface area contributed by atoms with Gasteiger partial charge >= 0.3 is 0 Å². The Kier molecular flexibility index (Phi) is 3.97. The monoisotopic (exact) mass is 347 g/mol. The molecule has 0 atom stereocenters. The van der Waals surface area contributed by atoms with Gasteiger partial charge in [-0.25, -0.2) is 17.5 Å². The van der Waals surface area contributed by atoms with Crippen molar-refractivity contribution in [2.45, 2.75) is 24.3 Å². The van der Waals surface area contributed by atoms with Crippen molar-refractivity contribution in [3.8, 4) is 5.75 Å². The number of halogens is 1. The highest BCUT2D eigenvalue weighted by molar-refractivity contribution is 7.89. The van der Waals surface area contributed by atoms with Crippen LogP contribution in [0.25, 0.3) is 5.57 Å². The Morgan fingerprint density at radius 3 is 2.38 bits per heavy atom. The Morgan fingerprint density at radius 1 is 1.08 bits per heavy atom. The Labute approximate surface area is 141 Å². The van der Waals surface area contributed by atoms with Crippen LogP contribution in [0.4, 0.5) is 4.39 Å². The second-order valence-electron chi connectivity index (χ2n) is 6.14. The first-order valence-electron chi connectivity index (χ1n) is 7.48. The van der Waals surface area contributed by atoms with Crippen LogP contribution in [-0.4, -0.2) is 21.1 Å². The fourth-order valence-electron chi connectivity index (χ4n) is 2.70. The molecular formula is C18H18FNO3S. The molecule has 0 fully saturated rings. The van der Waals surface area contributed by atoms with Crippen molar-refractivity contribution in [1.29, 1.82) is 0 Å². The van der Waals surface area contributed by atoms with E-state index in [1.165, 1.54) is 31.3 Å². The fourth-order valence-corrected chi connectivity index (χ4v) is 3.45. The number of rotatable bonds is 3. The maximum Gasteiger partial charge on any atom is 0.240 e. The molecule has 0 radical (unpaired) electrons. The third-order valence-electron chi connectivity index (χ3n) is 3.84. The maximum atomic E-state index is 13.2. The van der Waals surface area contributed by atoms with Gasteiger partial charge in [-0.1, -0.05) is 12.1 Å². The summed E-state index contributed by atoms with van der Waals surface area (Å²) in [6.45, 7) is 3.78. The van der Waals surface area contributed by atoms with Gasteiger partial charge in [0, 0.05) is 11.6 Å². The number of ether oxygens (including phenoxy) is 1. The summed E-state index contributed by atoms with van der Waals surface area (Å²) >= 11 is 0. The number of sulfonamides is 1. The van der Waals surface area contributed by atoms with E-state index in [2.05, 4.69) is 4.72 Å². The van der Waals surface area contributed by atoms with Crippen LogP contribution in [0.5, 0.6) is 5.75 Å². The Morgan fingerprint density at radius 2 is 1.75 bits per heavy atom. The number of hydrogen-bond acceptors (Lipinski definition) is 3. The summed E-state index contributed by atoms with van der Waals surface area (Å²) in [5.74, 6) is 0.180. The summed E-state index contributed by atoms with van der Waals surface area (Å²) in [6.07, 6.45) is 1.95. The van der Waals surface area contributed by atoms with Crippen LogP contribution in [0.3, 0.4) is 0 Å². The summed E-state index contributed by atoms with van der Waals surface area (Å²) in [6, 6.07) is 11.0. The highest BCUT2D eigenvalue weighted by Crippen LogP contribution is 2.40. The topological polar surface area (TPSA) is 55.4 Å². The van der Waals surface area contributed by atoms with Gasteiger partial charge in [0.1, 0.15) is 17.2 Å². The summed E-state index contributed by atoms with van der Waals surface area (Å²) < 4.78 is 45.5. The third kappa shape index (κ3) is 3.07. The Hall–Kier alpha value is -2.18. The summed E-state index contributed by atoms with van der Waals surface area (Å²) in [5.41, 5.74) is 1.89. The molecule has 0 aliphatic carbocycles. The minimum atomic E-state index is -3.56. The molecule has 6 heteroatoms. The van der Waals surface area contributed by atoms with Crippen LogP contribution in [-0.2, 0) is 10.0 Å². The van der Waals surface area contributed by atoms with E-state index < -0.39 is 15.6 Å². The molecule has 0 saturated carbocycles. The highest BCUT2D eigenvalue weighted by Gasteiger charge is 2.28. The van der Waals surface area contributed by atoms with E-state index in [1.54, 1.807) is 18.2 Å². The van der Waals surface area contributed by atoms with Crippen LogP contribution in [0.1, 0.15) is 25.0 Å². The molecule has 3 rings (SSSR count).